The van der Waals surface area contributed by atoms with Crippen molar-refractivity contribution in [3.63, 3.8) is 0 Å². The summed E-state index contributed by atoms with van der Waals surface area (Å²) in [4.78, 5) is 17.3. The number of amides is 1. The lowest BCUT2D eigenvalue weighted by molar-refractivity contribution is -0.115. The van der Waals surface area contributed by atoms with Gasteiger partial charge in [-0.15, -0.1) is 0 Å². The number of hydrogen-bond acceptors (Lipinski definition) is 6. The number of fused-ring (bicyclic) bond motifs is 2. The monoisotopic (exact) mass is 542 g/mol. The number of nitrogens with two attached hydrogens (primary N) is 1. The maximum atomic E-state index is 12.6. The van der Waals surface area contributed by atoms with Crippen LogP contribution in [0.4, 0.5) is 17.1 Å². The summed E-state index contributed by atoms with van der Waals surface area (Å²) in [6.45, 7) is 3.65. The SMILES string of the molecule is Cc1cc(Nc2ccc(CC(=O)Nc3ccccc3S(N)(=O)=O)cc2)c2cc(C34CCOCC3C4)ccc2n1. The van der Waals surface area contributed by atoms with Crippen molar-refractivity contribution >= 4 is 43.9 Å². The summed E-state index contributed by atoms with van der Waals surface area (Å²) in [5.74, 6) is 0.275. The summed E-state index contributed by atoms with van der Waals surface area (Å²) in [6, 6.07) is 22.4. The first-order valence-corrected chi connectivity index (χ1v) is 14.5. The average Bonchev–Trinajstić information content (AvgIpc) is 3.65. The van der Waals surface area contributed by atoms with Crippen molar-refractivity contribution < 1.29 is 17.9 Å². The van der Waals surface area contributed by atoms with Gasteiger partial charge in [-0.2, -0.15) is 0 Å². The minimum absolute atomic E-state index is 0.0901. The molecule has 2 atom stereocenters. The number of hydrogen-bond donors (Lipinski definition) is 3. The lowest BCUT2D eigenvalue weighted by Crippen LogP contribution is -2.21. The zero-order valence-electron chi connectivity index (χ0n) is 21.6. The quantitative estimate of drug-likeness (QED) is 0.308. The van der Waals surface area contributed by atoms with Crippen LogP contribution < -0.4 is 15.8 Å². The fourth-order valence-electron chi connectivity index (χ4n) is 5.71. The third-order valence-electron chi connectivity index (χ3n) is 7.82. The van der Waals surface area contributed by atoms with Gasteiger partial charge in [0.15, 0.2) is 0 Å². The number of nitrogens with one attached hydrogen (secondary N) is 2. The normalized spacial score (nSPS) is 20.3. The number of rotatable bonds is 7. The Morgan fingerprint density at radius 2 is 1.87 bits per heavy atom. The van der Waals surface area contributed by atoms with Gasteiger partial charge in [0, 0.05) is 34.5 Å². The van der Waals surface area contributed by atoms with E-state index < -0.39 is 10.0 Å². The fourth-order valence-corrected chi connectivity index (χ4v) is 6.41. The Hall–Kier alpha value is -3.79. The van der Waals surface area contributed by atoms with E-state index in [0.717, 1.165) is 53.2 Å². The van der Waals surface area contributed by atoms with E-state index in [2.05, 4.69) is 34.9 Å². The van der Waals surface area contributed by atoms with Gasteiger partial charge in [-0.25, -0.2) is 13.6 Å². The van der Waals surface area contributed by atoms with E-state index in [9.17, 15) is 13.2 Å². The molecule has 200 valence electrons. The molecule has 4 aromatic rings. The summed E-state index contributed by atoms with van der Waals surface area (Å²) in [5.41, 5.74) is 6.33. The van der Waals surface area contributed by atoms with Crippen LogP contribution in [0.25, 0.3) is 10.9 Å². The van der Waals surface area contributed by atoms with E-state index in [4.69, 9.17) is 14.9 Å². The van der Waals surface area contributed by atoms with Crippen molar-refractivity contribution in [1.29, 1.82) is 0 Å². The van der Waals surface area contributed by atoms with Crippen molar-refractivity contribution in [2.24, 2.45) is 11.1 Å². The highest BCUT2D eigenvalue weighted by molar-refractivity contribution is 7.89. The number of anilines is 3. The van der Waals surface area contributed by atoms with Crippen molar-refractivity contribution in [2.45, 2.75) is 36.5 Å². The Balaban J connectivity index is 1.19. The summed E-state index contributed by atoms with van der Waals surface area (Å²) >= 11 is 0. The van der Waals surface area contributed by atoms with Gasteiger partial charge in [0.2, 0.25) is 15.9 Å². The molecule has 9 heteroatoms. The van der Waals surface area contributed by atoms with Gasteiger partial charge < -0.3 is 15.4 Å². The second kappa shape index (κ2) is 9.75. The lowest BCUT2D eigenvalue weighted by atomic mass is 9.88. The molecule has 0 radical (unpaired) electrons. The molecule has 0 bridgehead atoms. The third kappa shape index (κ3) is 5.13. The molecule has 1 saturated heterocycles. The van der Waals surface area contributed by atoms with Gasteiger partial charge in [-0.3, -0.25) is 9.78 Å². The smallest absolute Gasteiger partial charge is 0.240 e. The number of aromatic nitrogens is 1. The number of benzene rings is 3. The Kier molecular flexibility index (Phi) is 6.37. The number of nitrogens with zero attached hydrogens (tertiary/aromatic N) is 1. The van der Waals surface area contributed by atoms with Crippen LogP contribution >= 0.6 is 0 Å². The van der Waals surface area contributed by atoms with E-state index >= 15 is 0 Å². The highest BCUT2D eigenvalue weighted by Crippen LogP contribution is 2.59. The lowest BCUT2D eigenvalue weighted by Gasteiger charge is -2.23. The van der Waals surface area contributed by atoms with E-state index in [1.54, 1.807) is 12.1 Å². The number of para-hydroxylation sites is 1. The van der Waals surface area contributed by atoms with Crippen LogP contribution in [0, 0.1) is 12.8 Å². The molecular formula is C30H30N4O4S. The number of carbonyl (C=O) groups excluding carboxylic acids is 1. The average molecular weight is 543 g/mol. The maximum Gasteiger partial charge on any atom is 0.240 e. The van der Waals surface area contributed by atoms with Gasteiger partial charge in [0.25, 0.3) is 0 Å². The number of ether oxygens (including phenoxy) is 1. The minimum atomic E-state index is -3.95. The number of carbonyl (C=O) groups is 1. The standard InChI is InChI=1S/C30H30N4O4S/c1-19-14-27(24-16-21(8-11-25(24)32-19)30-12-13-38-18-22(30)17-30)33-23-9-6-20(7-10-23)15-29(35)34-26-4-2-3-5-28(26)39(31,36)37/h2-11,14,16,22H,12-13,15,17-18H2,1H3,(H,32,33)(H,34,35)(H2,31,36,37). The Morgan fingerprint density at radius 1 is 1.08 bits per heavy atom. The van der Waals surface area contributed by atoms with Gasteiger partial charge in [-0.1, -0.05) is 30.3 Å². The van der Waals surface area contributed by atoms with Crippen molar-refractivity contribution in [3.8, 4) is 0 Å². The summed E-state index contributed by atoms with van der Waals surface area (Å²) in [5, 5.41) is 12.6. The fraction of sp³-hybridized carbons (Fsp3) is 0.267. The molecule has 1 aromatic heterocycles. The number of aryl methyl sites for hydroxylation is 1. The molecule has 39 heavy (non-hydrogen) atoms. The van der Waals surface area contributed by atoms with Crippen LogP contribution in [-0.2, 0) is 31.4 Å². The van der Waals surface area contributed by atoms with Crippen molar-refractivity contribution in [3.05, 3.63) is 89.6 Å². The molecule has 0 spiro atoms. The molecule has 4 N–H and O–H groups in total. The molecule has 2 fully saturated rings. The first kappa shape index (κ1) is 25.5. The Bertz CT molecular complexity index is 1690. The van der Waals surface area contributed by atoms with Crippen LogP contribution in [0.2, 0.25) is 0 Å². The zero-order valence-corrected chi connectivity index (χ0v) is 22.4. The summed E-state index contributed by atoms with van der Waals surface area (Å²) in [6.07, 6.45) is 2.34. The molecule has 6 rings (SSSR count). The predicted octanol–water partition coefficient (Wildman–Crippen LogP) is 4.79. The van der Waals surface area contributed by atoms with Crippen molar-refractivity contribution in [1.82, 2.24) is 4.98 Å². The molecule has 1 aliphatic heterocycles. The molecule has 1 aliphatic carbocycles. The Morgan fingerprint density at radius 3 is 2.64 bits per heavy atom. The first-order valence-electron chi connectivity index (χ1n) is 13.0. The molecule has 2 aliphatic rings. The summed E-state index contributed by atoms with van der Waals surface area (Å²) in [7, 11) is -3.95. The molecule has 8 nitrogen and oxygen atoms in total. The predicted molar refractivity (Wildman–Crippen MR) is 152 cm³/mol. The van der Waals surface area contributed by atoms with Crippen LogP contribution in [-0.4, -0.2) is 32.5 Å². The minimum Gasteiger partial charge on any atom is -0.381 e. The van der Waals surface area contributed by atoms with Crippen LogP contribution in [0.5, 0.6) is 0 Å². The molecule has 1 amide bonds. The second-order valence-electron chi connectivity index (χ2n) is 10.5. The zero-order chi connectivity index (χ0) is 27.2. The second-order valence-corrected chi connectivity index (χ2v) is 12.0. The number of primary sulfonamides is 1. The van der Waals surface area contributed by atoms with Gasteiger partial charge in [-0.05, 0) is 79.3 Å². The van der Waals surface area contributed by atoms with Gasteiger partial charge in [0.05, 0.1) is 24.2 Å². The van der Waals surface area contributed by atoms with E-state index in [1.807, 2.05) is 31.2 Å². The van der Waals surface area contributed by atoms with Crippen molar-refractivity contribution in [2.75, 3.05) is 23.8 Å². The Labute approximate surface area is 227 Å². The van der Waals surface area contributed by atoms with E-state index in [1.165, 1.54) is 24.1 Å². The largest absolute Gasteiger partial charge is 0.381 e. The summed E-state index contributed by atoms with van der Waals surface area (Å²) < 4.78 is 29.3. The molecular weight excluding hydrogens is 512 g/mol. The van der Waals surface area contributed by atoms with Crippen LogP contribution in [0.1, 0.15) is 29.7 Å². The van der Waals surface area contributed by atoms with Crippen LogP contribution in [0.15, 0.2) is 77.7 Å². The number of sulfonamides is 1. The maximum absolute atomic E-state index is 12.6. The highest BCUT2D eigenvalue weighted by atomic mass is 32.2. The third-order valence-corrected chi connectivity index (χ3v) is 8.79. The first-order chi connectivity index (χ1) is 18.7. The number of pyridine rings is 1. The van der Waals surface area contributed by atoms with Gasteiger partial charge in [0.1, 0.15) is 4.90 Å². The molecule has 2 unspecified atom stereocenters. The highest BCUT2D eigenvalue weighted by Gasteiger charge is 2.56. The molecule has 2 heterocycles. The van der Waals surface area contributed by atoms with Gasteiger partial charge >= 0.3 is 0 Å². The van der Waals surface area contributed by atoms with E-state index in [-0.39, 0.29) is 28.3 Å². The topological polar surface area (TPSA) is 123 Å². The molecule has 3 aromatic carbocycles. The van der Waals surface area contributed by atoms with Crippen LogP contribution in [0.3, 0.4) is 0 Å². The molecule has 1 saturated carbocycles. The van der Waals surface area contributed by atoms with E-state index in [0.29, 0.717) is 5.92 Å².